The molecule has 0 aliphatic heterocycles. The van der Waals surface area contributed by atoms with Gasteiger partial charge < -0.3 is 5.32 Å². The first kappa shape index (κ1) is 14.9. The van der Waals surface area contributed by atoms with Crippen molar-refractivity contribution < 1.29 is 8.42 Å². The molecule has 0 bridgehead atoms. The molecule has 0 rings (SSSR count). The molecular weight excluding hydrogens is 212 g/mol. The van der Waals surface area contributed by atoms with Gasteiger partial charge in [0, 0.05) is 26.2 Å². The van der Waals surface area contributed by atoms with E-state index in [0.717, 1.165) is 12.8 Å². The highest BCUT2D eigenvalue weighted by Crippen LogP contribution is 2.01. The lowest BCUT2D eigenvalue weighted by molar-refractivity contribution is 0.446. The van der Waals surface area contributed by atoms with E-state index in [9.17, 15) is 8.42 Å². The highest BCUT2D eigenvalue weighted by Gasteiger charge is 2.16. The van der Waals surface area contributed by atoms with E-state index in [1.807, 2.05) is 20.8 Å². The van der Waals surface area contributed by atoms with Crippen molar-refractivity contribution in [2.45, 2.75) is 39.7 Å². The number of nitrogens with zero attached hydrogens (tertiary/aromatic N) is 1. The zero-order valence-corrected chi connectivity index (χ0v) is 11.1. The fourth-order valence-corrected chi connectivity index (χ4v) is 2.47. The molecular formula is C10H24N2O2S. The Morgan fingerprint density at radius 3 is 2.40 bits per heavy atom. The average molecular weight is 236 g/mol. The SMILES string of the molecule is CCCCS(=O)(=O)N(C)CCNC(C)C. The standard InChI is InChI=1S/C10H24N2O2S/c1-5-6-9-15(13,14)12(4)8-7-11-10(2)3/h10-11H,5-9H2,1-4H3. The van der Waals surface area contributed by atoms with Gasteiger partial charge in [-0.1, -0.05) is 27.2 Å². The van der Waals surface area contributed by atoms with Crippen LogP contribution in [0, 0.1) is 0 Å². The van der Waals surface area contributed by atoms with Crippen LogP contribution in [0.15, 0.2) is 0 Å². The Bertz CT molecular complexity index is 250. The molecule has 0 spiro atoms. The molecule has 0 atom stereocenters. The van der Waals surface area contributed by atoms with Crippen molar-refractivity contribution in [3.8, 4) is 0 Å². The molecule has 0 saturated carbocycles. The summed E-state index contributed by atoms with van der Waals surface area (Å²) in [6.45, 7) is 7.34. The maximum Gasteiger partial charge on any atom is 0.213 e. The maximum atomic E-state index is 11.7. The van der Waals surface area contributed by atoms with E-state index in [0.29, 0.717) is 19.1 Å². The van der Waals surface area contributed by atoms with Crippen LogP contribution in [0.1, 0.15) is 33.6 Å². The molecule has 15 heavy (non-hydrogen) atoms. The number of unbranched alkanes of at least 4 members (excludes halogenated alkanes) is 1. The third-order valence-electron chi connectivity index (χ3n) is 2.21. The molecule has 4 nitrogen and oxygen atoms in total. The third-order valence-corrected chi connectivity index (χ3v) is 4.15. The highest BCUT2D eigenvalue weighted by atomic mass is 32.2. The van der Waals surface area contributed by atoms with E-state index in [1.54, 1.807) is 7.05 Å². The molecule has 92 valence electrons. The number of likely N-dealkylation sites (N-methyl/N-ethyl adjacent to an activating group) is 1. The minimum absolute atomic E-state index is 0.266. The normalized spacial score (nSPS) is 12.7. The van der Waals surface area contributed by atoms with Gasteiger partial charge >= 0.3 is 0 Å². The van der Waals surface area contributed by atoms with Crippen LogP contribution in [0.25, 0.3) is 0 Å². The van der Waals surface area contributed by atoms with Crippen LogP contribution in [0.4, 0.5) is 0 Å². The van der Waals surface area contributed by atoms with Gasteiger partial charge in [0.25, 0.3) is 0 Å². The average Bonchev–Trinajstić information content (AvgIpc) is 2.14. The molecule has 0 aromatic rings. The molecule has 0 aliphatic carbocycles. The first-order chi connectivity index (χ1) is 6.90. The topological polar surface area (TPSA) is 49.4 Å². The summed E-state index contributed by atoms with van der Waals surface area (Å²) in [6.07, 6.45) is 1.65. The van der Waals surface area contributed by atoms with Crippen molar-refractivity contribution >= 4 is 10.0 Å². The monoisotopic (exact) mass is 236 g/mol. The van der Waals surface area contributed by atoms with Gasteiger partial charge in [0.2, 0.25) is 10.0 Å². The predicted molar refractivity (Wildman–Crippen MR) is 64.5 cm³/mol. The quantitative estimate of drug-likeness (QED) is 0.685. The molecule has 0 amide bonds. The van der Waals surface area contributed by atoms with E-state index < -0.39 is 10.0 Å². The summed E-state index contributed by atoms with van der Waals surface area (Å²) in [5.41, 5.74) is 0. The Morgan fingerprint density at radius 1 is 1.33 bits per heavy atom. The lowest BCUT2D eigenvalue weighted by atomic mass is 10.4. The van der Waals surface area contributed by atoms with Crippen molar-refractivity contribution in [1.82, 2.24) is 9.62 Å². The number of nitrogens with one attached hydrogen (secondary N) is 1. The number of rotatable bonds is 8. The molecule has 5 heteroatoms. The number of hydrogen-bond acceptors (Lipinski definition) is 3. The van der Waals surface area contributed by atoms with Gasteiger partial charge in [0.1, 0.15) is 0 Å². The van der Waals surface area contributed by atoms with Gasteiger partial charge in [-0.15, -0.1) is 0 Å². The number of hydrogen-bond donors (Lipinski definition) is 1. The van der Waals surface area contributed by atoms with Crippen LogP contribution in [0.5, 0.6) is 0 Å². The molecule has 0 aromatic carbocycles. The Morgan fingerprint density at radius 2 is 1.93 bits per heavy atom. The van der Waals surface area contributed by atoms with Crippen LogP contribution >= 0.6 is 0 Å². The van der Waals surface area contributed by atoms with Gasteiger partial charge in [-0.25, -0.2) is 12.7 Å². The van der Waals surface area contributed by atoms with Gasteiger partial charge in [0.15, 0.2) is 0 Å². The lowest BCUT2D eigenvalue weighted by Crippen LogP contribution is -2.37. The molecule has 0 saturated heterocycles. The second-order valence-electron chi connectivity index (χ2n) is 4.10. The van der Waals surface area contributed by atoms with Crippen LogP contribution < -0.4 is 5.32 Å². The molecule has 0 aromatic heterocycles. The largest absolute Gasteiger partial charge is 0.313 e. The summed E-state index contributed by atoms with van der Waals surface area (Å²) in [5.74, 6) is 0.266. The van der Waals surface area contributed by atoms with Crippen LogP contribution in [0.3, 0.4) is 0 Å². The first-order valence-electron chi connectivity index (χ1n) is 5.57. The fraction of sp³-hybridized carbons (Fsp3) is 1.00. The van der Waals surface area contributed by atoms with E-state index in [-0.39, 0.29) is 5.75 Å². The minimum Gasteiger partial charge on any atom is -0.313 e. The van der Waals surface area contributed by atoms with Crippen LogP contribution in [0.2, 0.25) is 0 Å². The van der Waals surface area contributed by atoms with Crippen molar-refractivity contribution in [1.29, 1.82) is 0 Å². The fourth-order valence-electron chi connectivity index (χ4n) is 1.13. The molecule has 0 radical (unpaired) electrons. The number of sulfonamides is 1. The second-order valence-corrected chi connectivity index (χ2v) is 6.30. The maximum absolute atomic E-state index is 11.7. The Hall–Kier alpha value is -0.130. The highest BCUT2D eigenvalue weighted by molar-refractivity contribution is 7.89. The molecule has 0 aliphatic rings. The van der Waals surface area contributed by atoms with Gasteiger partial charge in [-0.05, 0) is 6.42 Å². The van der Waals surface area contributed by atoms with Crippen molar-refractivity contribution in [2.75, 3.05) is 25.9 Å². The Balaban J connectivity index is 3.91. The molecule has 0 heterocycles. The van der Waals surface area contributed by atoms with Crippen LogP contribution in [-0.4, -0.2) is 44.7 Å². The lowest BCUT2D eigenvalue weighted by Gasteiger charge is -2.18. The molecule has 1 N–H and O–H groups in total. The summed E-state index contributed by atoms with van der Waals surface area (Å²) < 4.78 is 24.8. The van der Waals surface area contributed by atoms with E-state index in [2.05, 4.69) is 5.32 Å². The van der Waals surface area contributed by atoms with Crippen LogP contribution in [-0.2, 0) is 10.0 Å². The minimum atomic E-state index is -3.03. The van der Waals surface area contributed by atoms with Crippen molar-refractivity contribution in [3.05, 3.63) is 0 Å². The summed E-state index contributed by atoms with van der Waals surface area (Å²) in [4.78, 5) is 0. The van der Waals surface area contributed by atoms with Gasteiger partial charge in [-0.3, -0.25) is 0 Å². The van der Waals surface area contributed by atoms with E-state index in [1.165, 1.54) is 4.31 Å². The zero-order chi connectivity index (χ0) is 11.9. The van der Waals surface area contributed by atoms with E-state index in [4.69, 9.17) is 0 Å². The second kappa shape index (κ2) is 7.19. The first-order valence-corrected chi connectivity index (χ1v) is 7.18. The van der Waals surface area contributed by atoms with Gasteiger partial charge in [-0.2, -0.15) is 0 Å². The summed E-state index contributed by atoms with van der Waals surface area (Å²) in [6, 6.07) is 0.400. The molecule has 0 unspecified atom stereocenters. The third kappa shape index (κ3) is 6.87. The van der Waals surface area contributed by atoms with Crippen molar-refractivity contribution in [3.63, 3.8) is 0 Å². The summed E-state index contributed by atoms with van der Waals surface area (Å²) in [7, 11) is -1.38. The summed E-state index contributed by atoms with van der Waals surface area (Å²) >= 11 is 0. The Labute approximate surface area is 94.1 Å². The Kier molecular flexibility index (Phi) is 7.13. The van der Waals surface area contributed by atoms with Crippen molar-refractivity contribution in [2.24, 2.45) is 0 Å². The van der Waals surface area contributed by atoms with Gasteiger partial charge in [0.05, 0.1) is 5.75 Å². The molecule has 0 fully saturated rings. The predicted octanol–water partition coefficient (Wildman–Crippen LogP) is 1.05. The summed E-state index contributed by atoms with van der Waals surface area (Å²) in [5, 5.41) is 3.20. The zero-order valence-electron chi connectivity index (χ0n) is 10.3. The van der Waals surface area contributed by atoms with E-state index >= 15 is 0 Å². The smallest absolute Gasteiger partial charge is 0.213 e.